The molecule has 31 heavy (non-hydrogen) atoms. The first-order chi connectivity index (χ1) is 14.7. The molecule has 2 bridgehead atoms. The molecule has 0 aromatic carbocycles. The molecule has 1 spiro atoms. The van der Waals surface area contributed by atoms with E-state index >= 15 is 0 Å². The number of rotatable bonds is 2. The van der Waals surface area contributed by atoms with Gasteiger partial charge in [-0.1, -0.05) is 13.8 Å². The van der Waals surface area contributed by atoms with Gasteiger partial charge in [0.1, 0.15) is 24.4 Å². The van der Waals surface area contributed by atoms with E-state index < -0.39 is 54.9 Å². The van der Waals surface area contributed by atoms with Gasteiger partial charge in [0.15, 0.2) is 17.8 Å². The van der Waals surface area contributed by atoms with E-state index in [1.807, 2.05) is 13.8 Å². The van der Waals surface area contributed by atoms with Crippen LogP contribution >= 0.6 is 0 Å². The molecule has 0 aromatic rings. The first-order valence-corrected chi connectivity index (χ1v) is 11.3. The van der Waals surface area contributed by atoms with Gasteiger partial charge in [0.05, 0.1) is 6.61 Å². The van der Waals surface area contributed by atoms with Crippen molar-refractivity contribution in [1.29, 1.82) is 0 Å². The van der Waals surface area contributed by atoms with Gasteiger partial charge in [-0.2, -0.15) is 0 Å². The van der Waals surface area contributed by atoms with Crippen LogP contribution in [0.5, 0.6) is 0 Å². The van der Waals surface area contributed by atoms with Crippen molar-refractivity contribution >= 4 is 5.90 Å². The van der Waals surface area contributed by atoms with Crippen LogP contribution in [0, 0.1) is 23.7 Å². The molecule has 4 unspecified atom stereocenters. The summed E-state index contributed by atoms with van der Waals surface area (Å²) in [5, 5.41) is 40.4. The maximum atomic E-state index is 10.5. The molecule has 5 heterocycles. The zero-order valence-electron chi connectivity index (χ0n) is 18.1. The highest BCUT2D eigenvalue weighted by molar-refractivity contribution is 5.80. The van der Waals surface area contributed by atoms with E-state index in [4.69, 9.17) is 24.0 Å². The quantitative estimate of drug-likeness (QED) is 0.437. The number of hydrogen-bond donors (Lipinski definition) is 4. The molecule has 0 radical (unpaired) electrons. The Labute approximate surface area is 181 Å². The minimum atomic E-state index is -1.49. The number of aliphatic hydroxyl groups is 4. The van der Waals surface area contributed by atoms with Crippen molar-refractivity contribution in [2.45, 2.75) is 94.8 Å². The summed E-state index contributed by atoms with van der Waals surface area (Å²) < 4.78 is 17.8. The Balaban J connectivity index is 1.49. The summed E-state index contributed by atoms with van der Waals surface area (Å²) in [6.45, 7) is 5.53. The number of ether oxygens (including phenoxy) is 3. The summed E-state index contributed by atoms with van der Waals surface area (Å²) >= 11 is 0. The molecule has 0 aromatic heterocycles. The van der Waals surface area contributed by atoms with E-state index in [9.17, 15) is 20.4 Å². The van der Waals surface area contributed by atoms with E-state index in [-0.39, 0.29) is 17.8 Å². The molecule has 4 N–H and O–H groups in total. The van der Waals surface area contributed by atoms with Crippen LogP contribution in [0.2, 0.25) is 0 Å². The lowest BCUT2D eigenvalue weighted by Crippen LogP contribution is -2.70. The molecule has 6 fully saturated rings. The number of hydrogen-bond acceptors (Lipinski definition) is 10. The van der Waals surface area contributed by atoms with Gasteiger partial charge in [0.25, 0.3) is 0 Å². The highest BCUT2D eigenvalue weighted by atomic mass is 17.3. The Kier molecular flexibility index (Phi) is 5.38. The average Bonchev–Trinajstić information content (AvgIpc) is 2.97. The summed E-state index contributed by atoms with van der Waals surface area (Å²) in [4.78, 5) is 16.4. The zero-order chi connectivity index (χ0) is 22.1. The number of aliphatic imine (C=N–C) groups is 1. The Morgan fingerprint density at radius 1 is 1.03 bits per heavy atom. The monoisotopic (exact) mass is 443 g/mol. The van der Waals surface area contributed by atoms with E-state index in [2.05, 4.69) is 11.9 Å². The van der Waals surface area contributed by atoms with Crippen LogP contribution in [-0.4, -0.2) is 81.3 Å². The van der Waals surface area contributed by atoms with E-state index in [1.165, 1.54) is 0 Å². The second kappa shape index (κ2) is 7.59. The van der Waals surface area contributed by atoms with Crippen molar-refractivity contribution in [2.24, 2.45) is 28.7 Å². The smallest absolute Gasteiger partial charge is 0.237 e. The van der Waals surface area contributed by atoms with Crippen molar-refractivity contribution in [3.8, 4) is 0 Å². The molecule has 12 atom stereocenters. The fourth-order valence-electron chi connectivity index (χ4n) is 6.29. The topological polar surface area (TPSA) is 139 Å². The number of nitrogens with zero attached hydrogens (tertiary/aromatic N) is 1. The van der Waals surface area contributed by atoms with Crippen LogP contribution in [0.3, 0.4) is 0 Å². The highest BCUT2D eigenvalue weighted by Crippen LogP contribution is 2.59. The summed E-state index contributed by atoms with van der Waals surface area (Å²) in [6, 6.07) is -1.15. The van der Waals surface area contributed by atoms with E-state index in [1.54, 1.807) is 0 Å². The largest absolute Gasteiger partial charge is 0.448 e. The van der Waals surface area contributed by atoms with Crippen LogP contribution < -0.4 is 0 Å². The lowest BCUT2D eigenvalue weighted by molar-refractivity contribution is -0.557. The Hall–Kier alpha value is -0.850. The van der Waals surface area contributed by atoms with Gasteiger partial charge < -0.3 is 34.6 Å². The summed E-state index contributed by atoms with van der Waals surface area (Å²) in [5.41, 5.74) is -0.742. The molecule has 10 nitrogen and oxygen atoms in total. The number of fused-ring (bicyclic) bond motifs is 2. The summed E-state index contributed by atoms with van der Waals surface area (Å²) in [5.74, 6) is -0.112. The Morgan fingerprint density at radius 2 is 1.81 bits per heavy atom. The fraction of sp³-hybridized carbons (Fsp3) is 0.952. The molecular formula is C21H33NO9. The van der Waals surface area contributed by atoms with Crippen molar-refractivity contribution in [3.05, 3.63) is 0 Å². The Bertz CT molecular complexity index is 736. The van der Waals surface area contributed by atoms with Gasteiger partial charge in [-0.3, -0.25) is 0 Å². The first-order valence-electron chi connectivity index (χ1n) is 11.3. The molecule has 5 aliphatic heterocycles. The van der Waals surface area contributed by atoms with Crippen LogP contribution in [0.4, 0.5) is 0 Å². The van der Waals surface area contributed by atoms with Gasteiger partial charge in [0.2, 0.25) is 12.1 Å². The van der Waals surface area contributed by atoms with E-state index in [0.29, 0.717) is 18.2 Å². The highest BCUT2D eigenvalue weighted by Gasteiger charge is 2.69. The lowest BCUT2D eigenvalue weighted by atomic mass is 9.58. The molecular weight excluding hydrogens is 410 g/mol. The minimum Gasteiger partial charge on any atom is -0.448 e. The molecule has 6 aliphatic rings. The Morgan fingerprint density at radius 3 is 2.55 bits per heavy atom. The normalized spacial score (nSPS) is 57.8. The SMILES string of the molecule is C[C@@H]1CCC2[C@@H](C)C(=NC3[C@H](O)O[C@@H](CO)[C@H](O)[C@H]3O)O[C@@H]3O[C@]4(C)CCC1C23OO4. The van der Waals surface area contributed by atoms with Crippen LogP contribution in [0.1, 0.15) is 46.5 Å². The van der Waals surface area contributed by atoms with Gasteiger partial charge in [0, 0.05) is 24.2 Å². The van der Waals surface area contributed by atoms with Crippen molar-refractivity contribution in [3.63, 3.8) is 0 Å². The third kappa shape index (κ3) is 3.18. The third-order valence-electron chi connectivity index (χ3n) is 8.14. The van der Waals surface area contributed by atoms with E-state index in [0.717, 1.165) is 19.3 Å². The standard InChI is InChI=1S/C21H33NO9/c1-9-4-5-12-10(2)17(22-14-16(25)15(24)13(8-23)27-18(14)26)28-19-21(12)11(9)6-7-20(3,29-19)30-31-21/h9-16,18-19,23-26H,4-8H2,1-3H3/t9-,10-,11?,12?,13+,14?,15+,16+,18-,19-,20+,21?/m1/s1. The molecule has 1 aliphatic carbocycles. The van der Waals surface area contributed by atoms with Crippen LogP contribution in [0.25, 0.3) is 0 Å². The molecule has 5 saturated heterocycles. The maximum Gasteiger partial charge on any atom is 0.237 e. The summed E-state index contributed by atoms with van der Waals surface area (Å²) in [6.07, 6.45) is -2.57. The van der Waals surface area contributed by atoms with Crippen LogP contribution in [0.15, 0.2) is 4.99 Å². The van der Waals surface area contributed by atoms with Crippen LogP contribution in [-0.2, 0) is 24.0 Å². The predicted octanol–water partition coefficient (Wildman–Crippen LogP) is 0.0667. The average molecular weight is 443 g/mol. The second-order valence-electron chi connectivity index (χ2n) is 10.0. The second-order valence-corrected chi connectivity index (χ2v) is 10.0. The van der Waals surface area contributed by atoms with Gasteiger partial charge >= 0.3 is 0 Å². The molecule has 176 valence electrons. The fourth-order valence-corrected chi connectivity index (χ4v) is 6.29. The van der Waals surface area contributed by atoms with Gasteiger partial charge in [-0.05, 0) is 32.1 Å². The molecule has 6 rings (SSSR count). The molecule has 10 heteroatoms. The zero-order valence-corrected chi connectivity index (χ0v) is 18.1. The number of aliphatic hydroxyl groups excluding tert-OH is 4. The molecule has 0 amide bonds. The van der Waals surface area contributed by atoms with Gasteiger partial charge in [-0.25, -0.2) is 14.8 Å². The van der Waals surface area contributed by atoms with Crippen molar-refractivity contribution < 1.29 is 44.4 Å². The predicted molar refractivity (Wildman–Crippen MR) is 104 cm³/mol. The minimum absolute atomic E-state index is 0.0164. The maximum absolute atomic E-state index is 10.5. The lowest BCUT2D eigenvalue weighted by Gasteiger charge is -2.58. The van der Waals surface area contributed by atoms with Crippen molar-refractivity contribution in [1.82, 2.24) is 0 Å². The first kappa shape index (κ1) is 22.0. The summed E-state index contributed by atoms with van der Waals surface area (Å²) in [7, 11) is 0. The third-order valence-corrected chi connectivity index (χ3v) is 8.14. The van der Waals surface area contributed by atoms with Crippen molar-refractivity contribution in [2.75, 3.05) is 6.61 Å². The van der Waals surface area contributed by atoms with Gasteiger partial charge in [-0.15, -0.1) is 0 Å². The molecule has 1 saturated carbocycles.